The van der Waals surface area contributed by atoms with E-state index in [2.05, 4.69) is 5.16 Å². The summed E-state index contributed by atoms with van der Waals surface area (Å²) in [6.45, 7) is 0.240. The summed E-state index contributed by atoms with van der Waals surface area (Å²) in [5.74, 6) is 2.43. The maximum absolute atomic E-state index is 5.98. The SMILES string of the molecule is Nc1noc(-c2ccccc2)c1-c1ccc2c(c1)OCO2. The predicted octanol–water partition coefficient (Wildman–Crippen LogP) is 3.32. The Morgan fingerprint density at radius 1 is 0.905 bits per heavy atom. The van der Waals surface area contributed by atoms with Crippen LogP contribution in [-0.4, -0.2) is 11.9 Å². The first-order valence-corrected chi connectivity index (χ1v) is 6.53. The molecule has 0 saturated carbocycles. The van der Waals surface area contributed by atoms with Crippen LogP contribution >= 0.6 is 0 Å². The lowest BCUT2D eigenvalue weighted by atomic mass is 10.0. The molecule has 1 aromatic heterocycles. The topological polar surface area (TPSA) is 70.5 Å². The fourth-order valence-electron chi connectivity index (χ4n) is 2.42. The van der Waals surface area contributed by atoms with Gasteiger partial charge in [0.2, 0.25) is 6.79 Å². The van der Waals surface area contributed by atoms with Gasteiger partial charge in [-0.05, 0) is 17.7 Å². The molecule has 1 aliphatic heterocycles. The van der Waals surface area contributed by atoms with Gasteiger partial charge in [-0.3, -0.25) is 0 Å². The van der Waals surface area contributed by atoms with E-state index in [4.69, 9.17) is 19.7 Å². The number of ether oxygens (including phenoxy) is 2. The van der Waals surface area contributed by atoms with Crippen molar-refractivity contribution in [3.8, 4) is 33.9 Å². The Bertz CT molecular complexity index is 797. The number of rotatable bonds is 2. The molecule has 1 aliphatic rings. The van der Waals surface area contributed by atoms with Crippen molar-refractivity contribution in [1.29, 1.82) is 0 Å². The Labute approximate surface area is 120 Å². The molecule has 104 valence electrons. The first kappa shape index (κ1) is 11.8. The summed E-state index contributed by atoms with van der Waals surface area (Å²) >= 11 is 0. The highest BCUT2D eigenvalue weighted by Crippen LogP contribution is 2.41. The number of aromatic nitrogens is 1. The molecule has 5 nitrogen and oxygen atoms in total. The Kier molecular flexibility index (Phi) is 2.57. The molecule has 0 amide bonds. The molecule has 0 atom stereocenters. The molecule has 0 radical (unpaired) electrons. The second-order valence-corrected chi connectivity index (χ2v) is 4.71. The molecule has 0 aliphatic carbocycles. The van der Waals surface area contributed by atoms with Gasteiger partial charge >= 0.3 is 0 Å². The highest BCUT2D eigenvalue weighted by Gasteiger charge is 2.20. The summed E-state index contributed by atoms with van der Waals surface area (Å²) in [6, 6.07) is 15.4. The number of benzene rings is 2. The summed E-state index contributed by atoms with van der Waals surface area (Å²) in [7, 11) is 0. The van der Waals surface area contributed by atoms with Gasteiger partial charge in [0.25, 0.3) is 0 Å². The zero-order valence-corrected chi connectivity index (χ0v) is 11.1. The third kappa shape index (κ3) is 1.90. The molecule has 0 spiro atoms. The molecule has 21 heavy (non-hydrogen) atoms. The second kappa shape index (κ2) is 4.56. The van der Waals surface area contributed by atoms with Crippen LogP contribution in [0.5, 0.6) is 11.5 Å². The minimum Gasteiger partial charge on any atom is -0.454 e. The molecule has 0 bridgehead atoms. The monoisotopic (exact) mass is 280 g/mol. The number of nitrogens with zero attached hydrogens (tertiary/aromatic N) is 1. The Hall–Kier alpha value is -2.95. The van der Waals surface area contributed by atoms with Crippen molar-refractivity contribution in [3.63, 3.8) is 0 Å². The van der Waals surface area contributed by atoms with E-state index >= 15 is 0 Å². The number of anilines is 1. The maximum atomic E-state index is 5.98. The molecule has 2 heterocycles. The zero-order valence-electron chi connectivity index (χ0n) is 11.1. The normalized spacial score (nSPS) is 12.6. The van der Waals surface area contributed by atoms with Crippen LogP contribution in [0.3, 0.4) is 0 Å². The summed E-state index contributed by atoms with van der Waals surface area (Å²) in [4.78, 5) is 0. The van der Waals surface area contributed by atoms with Gasteiger partial charge in [-0.1, -0.05) is 41.6 Å². The molecule has 0 saturated heterocycles. The molecule has 0 fully saturated rings. The van der Waals surface area contributed by atoms with Gasteiger partial charge in [-0.2, -0.15) is 0 Å². The second-order valence-electron chi connectivity index (χ2n) is 4.71. The molecule has 2 N–H and O–H groups in total. The lowest BCUT2D eigenvalue weighted by Gasteiger charge is -2.04. The van der Waals surface area contributed by atoms with E-state index in [0.29, 0.717) is 17.3 Å². The quantitative estimate of drug-likeness (QED) is 0.779. The fourth-order valence-corrected chi connectivity index (χ4v) is 2.42. The summed E-state index contributed by atoms with van der Waals surface area (Å²) in [5.41, 5.74) is 8.55. The first-order chi connectivity index (χ1) is 10.3. The molecule has 2 aromatic carbocycles. The summed E-state index contributed by atoms with van der Waals surface area (Å²) < 4.78 is 16.1. The number of nitrogen functional groups attached to an aromatic ring is 1. The van der Waals surface area contributed by atoms with Crippen LogP contribution in [0.2, 0.25) is 0 Å². The zero-order chi connectivity index (χ0) is 14.2. The van der Waals surface area contributed by atoms with Crippen molar-refractivity contribution >= 4 is 5.82 Å². The van der Waals surface area contributed by atoms with Crippen LogP contribution in [0.25, 0.3) is 22.5 Å². The molecular weight excluding hydrogens is 268 g/mol. The minimum absolute atomic E-state index is 0.240. The van der Waals surface area contributed by atoms with Crippen molar-refractivity contribution < 1.29 is 14.0 Å². The van der Waals surface area contributed by atoms with E-state index in [1.807, 2.05) is 48.5 Å². The predicted molar refractivity (Wildman–Crippen MR) is 77.9 cm³/mol. The van der Waals surface area contributed by atoms with E-state index < -0.39 is 0 Å². The number of fused-ring (bicyclic) bond motifs is 1. The highest BCUT2D eigenvalue weighted by atomic mass is 16.7. The first-order valence-electron chi connectivity index (χ1n) is 6.53. The molecule has 3 aromatic rings. The highest BCUT2D eigenvalue weighted by molar-refractivity contribution is 5.87. The number of nitrogens with two attached hydrogens (primary N) is 1. The molecule has 4 rings (SSSR count). The van der Waals surface area contributed by atoms with Gasteiger partial charge in [-0.25, -0.2) is 0 Å². The Morgan fingerprint density at radius 2 is 1.71 bits per heavy atom. The maximum Gasteiger partial charge on any atom is 0.231 e. The van der Waals surface area contributed by atoms with Gasteiger partial charge in [0.05, 0.1) is 5.56 Å². The van der Waals surface area contributed by atoms with E-state index in [0.717, 1.165) is 22.4 Å². The van der Waals surface area contributed by atoms with E-state index in [1.54, 1.807) is 0 Å². The standard InChI is InChI=1S/C16H12N2O3/c17-16-14(11-6-7-12-13(8-11)20-9-19-12)15(21-18-16)10-4-2-1-3-5-10/h1-8H,9H2,(H2,17,18). The lowest BCUT2D eigenvalue weighted by molar-refractivity contribution is 0.174. The van der Waals surface area contributed by atoms with Crippen LogP contribution in [-0.2, 0) is 0 Å². The third-order valence-electron chi connectivity index (χ3n) is 3.42. The van der Waals surface area contributed by atoms with Crippen molar-refractivity contribution in [2.24, 2.45) is 0 Å². The number of hydrogen-bond acceptors (Lipinski definition) is 5. The van der Waals surface area contributed by atoms with Crippen LogP contribution in [0.1, 0.15) is 0 Å². The average Bonchev–Trinajstić information content (AvgIpc) is 3.13. The fraction of sp³-hybridized carbons (Fsp3) is 0.0625. The molecular formula is C16H12N2O3. The van der Waals surface area contributed by atoms with Gasteiger partial charge in [0.1, 0.15) is 0 Å². The third-order valence-corrected chi connectivity index (χ3v) is 3.42. The van der Waals surface area contributed by atoms with Gasteiger partial charge in [0, 0.05) is 5.56 Å². The lowest BCUT2D eigenvalue weighted by Crippen LogP contribution is -1.93. The van der Waals surface area contributed by atoms with Crippen molar-refractivity contribution in [1.82, 2.24) is 5.16 Å². The molecule has 5 heteroatoms. The van der Waals surface area contributed by atoms with Crippen LogP contribution in [0.4, 0.5) is 5.82 Å². The molecule has 0 unspecified atom stereocenters. The smallest absolute Gasteiger partial charge is 0.231 e. The number of hydrogen-bond donors (Lipinski definition) is 1. The van der Waals surface area contributed by atoms with Crippen LogP contribution in [0, 0.1) is 0 Å². The Balaban J connectivity index is 1.87. The van der Waals surface area contributed by atoms with Gasteiger partial charge in [0.15, 0.2) is 23.1 Å². The van der Waals surface area contributed by atoms with Crippen molar-refractivity contribution in [2.45, 2.75) is 0 Å². The minimum atomic E-state index is 0.240. The van der Waals surface area contributed by atoms with Crippen molar-refractivity contribution in [3.05, 3.63) is 48.5 Å². The van der Waals surface area contributed by atoms with Gasteiger partial charge < -0.3 is 19.7 Å². The van der Waals surface area contributed by atoms with Gasteiger partial charge in [-0.15, -0.1) is 0 Å². The van der Waals surface area contributed by atoms with Crippen LogP contribution in [0.15, 0.2) is 53.1 Å². The van der Waals surface area contributed by atoms with E-state index in [9.17, 15) is 0 Å². The van der Waals surface area contributed by atoms with E-state index in [1.165, 1.54) is 0 Å². The largest absolute Gasteiger partial charge is 0.454 e. The van der Waals surface area contributed by atoms with Crippen molar-refractivity contribution in [2.75, 3.05) is 12.5 Å². The summed E-state index contributed by atoms with van der Waals surface area (Å²) in [5, 5.41) is 3.89. The van der Waals surface area contributed by atoms with Crippen LogP contribution < -0.4 is 15.2 Å². The van der Waals surface area contributed by atoms with E-state index in [-0.39, 0.29) is 6.79 Å². The summed E-state index contributed by atoms with van der Waals surface area (Å²) in [6.07, 6.45) is 0. The average molecular weight is 280 g/mol. The Morgan fingerprint density at radius 3 is 2.57 bits per heavy atom.